The van der Waals surface area contributed by atoms with Crippen molar-refractivity contribution in [2.24, 2.45) is 5.92 Å². The molecule has 6 heteroatoms. The van der Waals surface area contributed by atoms with E-state index in [1.165, 1.54) is 44.6 Å². The number of ether oxygens (including phenoxy) is 2. The molecule has 0 fully saturated rings. The number of fused-ring (bicyclic) bond motifs is 1. The standard InChI is InChI=1S/C26H39NO5/c1-5-8-9-10-11-12-13-20-14-15-21-17-23(18-22(21)16-20)26(27-19(4)28,24(29)31-6-2)25(30)32-7-3/h14-16,23H,5-13,17-18H2,1-4H3,(H,27,28). The molecule has 1 amide bonds. The lowest BCUT2D eigenvalue weighted by atomic mass is 9.81. The van der Waals surface area contributed by atoms with E-state index in [9.17, 15) is 14.4 Å². The molecule has 0 heterocycles. The number of benzene rings is 1. The zero-order chi connectivity index (χ0) is 23.6. The first-order valence-corrected chi connectivity index (χ1v) is 12.1. The van der Waals surface area contributed by atoms with Crippen molar-refractivity contribution in [3.05, 3.63) is 34.9 Å². The van der Waals surface area contributed by atoms with Gasteiger partial charge in [0.2, 0.25) is 11.4 Å². The van der Waals surface area contributed by atoms with Crippen LogP contribution in [-0.4, -0.2) is 36.6 Å². The molecule has 1 unspecified atom stereocenters. The molecule has 178 valence electrons. The van der Waals surface area contributed by atoms with Crippen LogP contribution in [-0.2, 0) is 43.1 Å². The molecular formula is C26H39NO5. The van der Waals surface area contributed by atoms with Gasteiger partial charge in [-0.15, -0.1) is 0 Å². The second-order valence-electron chi connectivity index (χ2n) is 8.66. The van der Waals surface area contributed by atoms with Crippen molar-refractivity contribution in [3.8, 4) is 0 Å². The summed E-state index contributed by atoms with van der Waals surface area (Å²) in [7, 11) is 0. The summed E-state index contributed by atoms with van der Waals surface area (Å²) in [4.78, 5) is 38.1. The lowest BCUT2D eigenvalue weighted by Gasteiger charge is -2.34. The highest BCUT2D eigenvalue weighted by Crippen LogP contribution is 2.36. The van der Waals surface area contributed by atoms with Crippen LogP contribution in [0.1, 0.15) is 82.9 Å². The summed E-state index contributed by atoms with van der Waals surface area (Å²) in [6.07, 6.45) is 9.57. The maximum Gasteiger partial charge on any atom is 0.344 e. The summed E-state index contributed by atoms with van der Waals surface area (Å²) in [6, 6.07) is 6.43. The molecule has 1 atom stereocenters. The van der Waals surface area contributed by atoms with Crippen molar-refractivity contribution >= 4 is 17.8 Å². The monoisotopic (exact) mass is 445 g/mol. The van der Waals surface area contributed by atoms with E-state index in [-0.39, 0.29) is 13.2 Å². The highest BCUT2D eigenvalue weighted by molar-refractivity contribution is 6.08. The van der Waals surface area contributed by atoms with Crippen LogP contribution in [0.5, 0.6) is 0 Å². The smallest absolute Gasteiger partial charge is 0.344 e. The molecule has 0 saturated heterocycles. The summed E-state index contributed by atoms with van der Waals surface area (Å²) in [5, 5.41) is 2.62. The molecule has 0 bridgehead atoms. The van der Waals surface area contributed by atoms with Gasteiger partial charge in [0.25, 0.3) is 0 Å². The number of aryl methyl sites for hydroxylation is 1. The van der Waals surface area contributed by atoms with E-state index >= 15 is 0 Å². The summed E-state index contributed by atoms with van der Waals surface area (Å²) in [5.41, 5.74) is 1.67. The summed E-state index contributed by atoms with van der Waals surface area (Å²) in [6.45, 7) is 7.11. The Kier molecular flexibility index (Phi) is 10.2. The third-order valence-corrected chi connectivity index (χ3v) is 6.20. The largest absolute Gasteiger partial charge is 0.464 e. The Hall–Kier alpha value is -2.37. The number of carbonyl (C=O) groups is 3. The molecule has 2 rings (SSSR count). The first-order chi connectivity index (χ1) is 15.4. The van der Waals surface area contributed by atoms with Crippen molar-refractivity contribution < 1.29 is 23.9 Å². The van der Waals surface area contributed by atoms with Gasteiger partial charge in [0.15, 0.2) is 0 Å². The molecule has 0 aliphatic heterocycles. The maximum atomic E-state index is 13.0. The molecule has 1 aromatic rings. The normalized spacial score (nSPS) is 15.2. The fraction of sp³-hybridized carbons (Fsp3) is 0.654. The molecule has 1 aliphatic carbocycles. The first-order valence-electron chi connectivity index (χ1n) is 12.1. The van der Waals surface area contributed by atoms with E-state index in [1.54, 1.807) is 13.8 Å². The molecule has 1 aliphatic rings. The molecule has 32 heavy (non-hydrogen) atoms. The Bertz CT molecular complexity index is 770. The minimum atomic E-state index is -1.84. The van der Waals surface area contributed by atoms with Crippen LogP contribution in [0.2, 0.25) is 0 Å². The molecule has 6 nitrogen and oxygen atoms in total. The Morgan fingerprint density at radius 1 is 0.906 bits per heavy atom. The number of unbranched alkanes of at least 4 members (excludes halogenated alkanes) is 5. The number of carbonyl (C=O) groups excluding carboxylic acids is 3. The van der Waals surface area contributed by atoms with Gasteiger partial charge >= 0.3 is 11.9 Å². The van der Waals surface area contributed by atoms with E-state index in [0.717, 1.165) is 24.0 Å². The second kappa shape index (κ2) is 12.6. The lowest BCUT2D eigenvalue weighted by Crippen LogP contribution is -2.65. The van der Waals surface area contributed by atoms with Gasteiger partial charge in [-0.05, 0) is 56.2 Å². The van der Waals surface area contributed by atoms with Gasteiger partial charge in [-0.25, -0.2) is 9.59 Å². The summed E-state index contributed by atoms with van der Waals surface area (Å²) < 4.78 is 10.5. The highest BCUT2D eigenvalue weighted by Gasteiger charge is 2.57. The van der Waals surface area contributed by atoms with Crippen molar-refractivity contribution in [1.29, 1.82) is 0 Å². The third-order valence-electron chi connectivity index (χ3n) is 6.20. The number of esters is 2. The van der Waals surface area contributed by atoms with Crippen molar-refractivity contribution in [3.63, 3.8) is 0 Å². The van der Waals surface area contributed by atoms with E-state index in [1.807, 2.05) is 0 Å². The molecule has 0 radical (unpaired) electrons. The minimum Gasteiger partial charge on any atom is -0.464 e. The van der Waals surface area contributed by atoms with Gasteiger partial charge < -0.3 is 14.8 Å². The number of amides is 1. The number of rotatable bonds is 13. The SMILES string of the molecule is CCCCCCCCc1ccc2c(c1)CC(C(NC(C)=O)(C(=O)OCC)C(=O)OCC)C2. The molecule has 0 saturated carbocycles. The van der Waals surface area contributed by atoms with E-state index in [4.69, 9.17) is 9.47 Å². The van der Waals surface area contributed by atoms with Crippen LogP contribution >= 0.6 is 0 Å². The van der Waals surface area contributed by atoms with Gasteiger partial charge in [0, 0.05) is 12.8 Å². The Balaban J connectivity index is 2.19. The quantitative estimate of drug-likeness (QED) is 0.278. The van der Waals surface area contributed by atoms with Gasteiger partial charge in [0.05, 0.1) is 13.2 Å². The van der Waals surface area contributed by atoms with Gasteiger partial charge in [-0.3, -0.25) is 4.79 Å². The molecule has 1 N–H and O–H groups in total. The number of nitrogens with one attached hydrogen (secondary N) is 1. The average molecular weight is 446 g/mol. The predicted molar refractivity (Wildman–Crippen MR) is 124 cm³/mol. The highest BCUT2D eigenvalue weighted by atomic mass is 16.6. The van der Waals surface area contributed by atoms with E-state index < -0.39 is 29.3 Å². The van der Waals surface area contributed by atoms with E-state index in [2.05, 4.69) is 30.4 Å². The van der Waals surface area contributed by atoms with Crippen LogP contribution in [0.4, 0.5) is 0 Å². The Morgan fingerprint density at radius 2 is 1.50 bits per heavy atom. The van der Waals surface area contributed by atoms with Gasteiger partial charge in [-0.2, -0.15) is 0 Å². The lowest BCUT2D eigenvalue weighted by molar-refractivity contribution is -0.171. The minimum absolute atomic E-state index is 0.113. The van der Waals surface area contributed by atoms with Crippen LogP contribution in [0.25, 0.3) is 0 Å². The number of hydrogen-bond acceptors (Lipinski definition) is 5. The molecule has 0 aromatic heterocycles. The topological polar surface area (TPSA) is 81.7 Å². The zero-order valence-electron chi connectivity index (χ0n) is 20.1. The fourth-order valence-corrected chi connectivity index (χ4v) is 4.63. The summed E-state index contributed by atoms with van der Waals surface area (Å²) in [5.74, 6) is -2.42. The van der Waals surface area contributed by atoms with Crippen molar-refractivity contribution in [1.82, 2.24) is 5.32 Å². The van der Waals surface area contributed by atoms with Crippen molar-refractivity contribution in [2.45, 2.75) is 91.0 Å². The van der Waals surface area contributed by atoms with Crippen LogP contribution < -0.4 is 5.32 Å². The van der Waals surface area contributed by atoms with Crippen molar-refractivity contribution in [2.75, 3.05) is 13.2 Å². The van der Waals surface area contributed by atoms with E-state index in [0.29, 0.717) is 12.8 Å². The summed E-state index contributed by atoms with van der Waals surface area (Å²) >= 11 is 0. The first kappa shape index (κ1) is 25.9. The Morgan fingerprint density at radius 3 is 2.09 bits per heavy atom. The molecule has 0 spiro atoms. The van der Waals surface area contributed by atoms with Crippen LogP contribution in [0, 0.1) is 5.92 Å². The second-order valence-corrected chi connectivity index (χ2v) is 8.66. The maximum absolute atomic E-state index is 13.0. The van der Waals surface area contributed by atoms with Gasteiger partial charge in [-0.1, -0.05) is 57.2 Å². The average Bonchev–Trinajstić information content (AvgIpc) is 3.18. The zero-order valence-corrected chi connectivity index (χ0v) is 20.1. The van der Waals surface area contributed by atoms with Gasteiger partial charge in [0.1, 0.15) is 0 Å². The molecular weight excluding hydrogens is 406 g/mol. The molecule has 1 aromatic carbocycles. The van der Waals surface area contributed by atoms with Crippen LogP contribution in [0.3, 0.4) is 0 Å². The van der Waals surface area contributed by atoms with Crippen LogP contribution in [0.15, 0.2) is 18.2 Å². The Labute approximate surface area is 192 Å². The predicted octanol–water partition coefficient (Wildman–Crippen LogP) is 4.31. The fourth-order valence-electron chi connectivity index (χ4n) is 4.63. The third kappa shape index (κ3) is 6.33. The number of hydrogen-bond donors (Lipinski definition) is 1.